The number of aryl methyl sites for hydroxylation is 1. The van der Waals surface area contributed by atoms with Gasteiger partial charge in [-0.25, -0.2) is 12.7 Å². The maximum absolute atomic E-state index is 12.2. The molecule has 1 aromatic carbocycles. The minimum absolute atomic E-state index is 0.170. The molecule has 0 aliphatic heterocycles. The number of benzene rings is 1. The summed E-state index contributed by atoms with van der Waals surface area (Å²) in [6.07, 6.45) is 0. The summed E-state index contributed by atoms with van der Waals surface area (Å²) in [5, 5.41) is 2.81. The molecule has 88 valence electrons. The highest BCUT2D eigenvalue weighted by Gasteiger charge is 2.23. The molecule has 16 heavy (non-hydrogen) atoms. The summed E-state index contributed by atoms with van der Waals surface area (Å²) in [6.45, 7) is 1.75. The van der Waals surface area contributed by atoms with E-state index in [1.807, 2.05) is 0 Å². The van der Waals surface area contributed by atoms with Crippen molar-refractivity contribution >= 4 is 27.4 Å². The number of hydrogen-bond donors (Lipinski definition) is 1. The topological polar surface area (TPSA) is 49.4 Å². The van der Waals surface area contributed by atoms with Crippen LogP contribution in [0.1, 0.15) is 5.56 Å². The van der Waals surface area contributed by atoms with E-state index in [0.717, 1.165) is 4.31 Å². The fourth-order valence-corrected chi connectivity index (χ4v) is 2.88. The molecule has 0 spiro atoms. The quantitative estimate of drug-likeness (QED) is 0.808. The Morgan fingerprint density at radius 3 is 2.44 bits per heavy atom. The average molecular weight is 258 g/mol. The Morgan fingerprint density at radius 2 is 1.94 bits per heavy atom. The van der Waals surface area contributed by atoms with E-state index in [0.29, 0.717) is 5.56 Å². The van der Waals surface area contributed by atoms with E-state index in [2.05, 4.69) is 5.32 Å². The zero-order chi connectivity index (χ0) is 12.3. The molecular formula is C10H14N2O2S2. The largest absolute Gasteiger partial charge is 0.365 e. The molecule has 0 bridgehead atoms. The standard InChI is InChI=1S/C10H14N2O2S2/c1-8-6-4-5-7-9(8)16(13,14)12(3)10(15)11-2/h4-7H,1-3H3,(H,11,15). The summed E-state index contributed by atoms with van der Waals surface area (Å²) in [4.78, 5) is 0.273. The molecule has 1 aromatic rings. The van der Waals surface area contributed by atoms with E-state index < -0.39 is 10.0 Å². The van der Waals surface area contributed by atoms with Crippen molar-refractivity contribution in [2.45, 2.75) is 11.8 Å². The van der Waals surface area contributed by atoms with Crippen LogP contribution in [-0.4, -0.2) is 31.9 Å². The van der Waals surface area contributed by atoms with E-state index >= 15 is 0 Å². The van der Waals surface area contributed by atoms with Gasteiger partial charge in [0.15, 0.2) is 5.11 Å². The van der Waals surface area contributed by atoms with Gasteiger partial charge in [0.25, 0.3) is 10.0 Å². The van der Waals surface area contributed by atoms with Gasteiger partial charge in [0.2, 0.25) is 0 Å². The SMILES string of the molecule is CNC(=S)N(C)S(=O)(=O)c1ccccc1C. The first-order valence-electron chi connectivity index (χ1n) is 4.67. The van der Waals surface area contributed by atoms with Crippen LogP contribution < -0.4 is 5.32 Å². The minimum atomic E-state index is -3.55. The van der Waals surface area contributed by atoms with Gasteiger partial charge in [0, 0.05) is 14.1 Å². The van der Waals surface area contributed by atoms with Gasteiger partial charge in [0.05, 0.1) is 4.90 Å². The highest BCUT2D eigenvalue weighted by molar-refractivity contribution is 7.91. The van der Waals surface area contributed by atoms with Gasteiger partial charge >= 0.3 is 0 Å². The molecule has 0 aromatic heterocycles. The Bertz CT molecular complexity index is 497. The third-order valence-corrected chi connectivity index (χ3v) is 4.74. The van der Waals surface area contributed by atoms with Crippen molar-refractivity contribution in [2.75, 3.05) is 14.1 Å². The number of nitrogens with one attached hydrogen (secondary N) is 1. The Kier molecular flexibility index (Phi) is 3.88. The predicted molar refractivity (Wildman–Crippen MR) is 67.8 cm³/mol. The molecule has 0 aliphatic carbocycles. The fraction of sp³-hybridized carbons (Fsp3) is 0.300. The van der Waals surface area contributed by atoms with Gasteiger partial charge in [0.1, 0.15) is 0 Å². The van der Waals surface area contributed by atoms with Crippen LogP contribution in [0.15, 0.2) is 29.2 Å². The Hall–Kier alpha value is -1.14. The first kappa shape index (κ1) is 12.9. The molecule has 0 fully saturated rings. The van der Waals surface area contributed by atoms with E-state index in [-0.39, 0.29) is 10.0 Å². The summed E-state index contributed by atoms with van der Waals surface area (Å²) in [7, 11) is -0.531. The van der Waals surface area contributed by atoms with Crippen molar-refractivity contribution in [3.05, 3.63) is 29.8 Å². The first-order chi connectivity index (χ1) is 7.41. The van der Waals surface area contributed by atoms with Crippen LogP contribution in [0.2, 0.25) is 0 Å². The normalized spacial score (nSPS) is 10.9. The lowest BCUT2D eigenvalue weighted by Gasteiger charge is -2.20. The number of thiocarbonyl (C=S) groups is 1. The monoisotopic (exact) mass is 258 g/mol. The second-order valence-corrected chi connectivity index (χ2v) is 5.62. The van der Waals surface area contributed by atoms with Gasteiger partial charge in [-0.15, -0.1) is 0 Å². The number of hydrogen-bond acceptors (Lipinski definition) is 3. The maximum Gasteiger partial charge on any atom is 0.266 e. The Balaban J connectivity index is 3.23. The second-order valence-electron chi connectivity index (χ2n) is 3.29. The molecule has 0 atom stereocenters. The van der Waals surface area contributed by atoms with Gasteiger partial charge in [-0.1, -0.05) is 18.2 Å². The van der Waals surface area contributed by atoms with Gasteiger partial charge in [-0.3, -0.25) is 0 Å². The molecule has 0 aliphatic rings. The Morgan fingerprint density at radius 1 is 1.38 bits per heavy atom. The second kappa shape index (κ2) is 4.80. The van der Waals surface area contributed by atoms with Gasteiger partial charge < -0.3 is 5.32 Å². The fourth-order valence-electron chi connectivity index (χ4n) is 1.26. The number of rotatable bonds is 2. The van der Waals surface area contributed by atoms with Crippen LogP contribution in [0, 0.1) is 6.92 Å². The van der Waals surface area contributed by atoms with Crippen molar-refractivity contribution < 1.29 is 8.42 Å². The Labute approximate surface area is 101 Å². The zero-order valence-electron chi connectivity index (χ0n) is 9.39. The molecule has 0 amide bonds. The van der Waals surface area contributed by atoms with Crippen molar-refractivity contribution in [3.8, 4) is 0 Å². The zero-order valence-corrected chi connectivity index (χ0v) is 11.0. The molecule has 1 rings (SSSR count). The molecular weight excluding hydrogens is 244 g/mol. The third kappa shape index (κ3) is 2.33. The highest BCUT2D eigenvalue weighted by atomic mass is 32.2. The molecule has 4 nitrogen and oxygen atoms in total. The van der Waals surface area contributed by atoms with Gasteiger partial charge in [-0.05, 0) is 30.8 Å². The number of nitrogens with zero attached hydrogens (tertiary/aromatic N) is 1. The summed E-state index contributed by atoms with van der Waals surface area (Å²) in [5.41, 5.74) is 0.702. The minimum Gasteiger partial charge on any atom is -0.365 e. The third-order valence-electron chi connectivity index (χ3n) is 2.23. The van der Waals surface area contributed by atoms with Crippen molar-refractivity contribution in [3.63, 3.8) is 0 Å². The van der Waals surface area contributed by atoms with Crippen molar-refractivity contribution in [1.29, 1.82) is 0 Å². The molecule has 0 saturated heterocycles. The lowest BCUT2D eigenvalue weighted by molar-refractivity contribution is 0.550. The van der Waals surface area contributed by atoms with Crippen LogP contribution >= 0.6 is 12.2 Å². The van der Waals surface area contributed by atoms with E-state index in [1.54, 1.807) is 38.2 Å². The number of sulfonamides is 1. The van der Waals surface area contributed by atoms with Crippen molar-refractivity contribution in [1.82, 2.24) is 9.62 Å². The summed E-state index contributed by atoms with van der Waals surface area (Å²) >= 11 is 4.90. The average Bonchev–Trinajstić information content (AvgIpc) is 2.27. The van der Waals surface area contributed by atoms with Crippen LogP contribution in [0.4, 0.5) is 0 Å². The molecule has 1 N–H and O–H groups in total. The van der Waals surface area contributed by atoms with E-state index in [4.69, 9.17) is 12.2 Å². The lowest BCUT2D eigenvalue weighted by atomic mass is 10.2. The van der Waals surface area contributed by atoms with Crippen LogP contribution in [0.3, 0.4) is 0 Å². The van der Waals surface area contributed by atoms with Crippen LogP contribution in [-0.2, 0) is 10.0 Å². The summed E-state index contributed by atoms with van der Waals surface area (Å²) in [5.74, 6) is 0. The van der Waals surface area contributed by atoms with E-state index in [1.165, 1.54) is 7.05 Å². The first-order valence-corrected chi connectivity index (χ1v) is 6.52. The molecule has 0 saturated carbocycles. The summed E-state index contributed by atoms with van der Waals surface area (Å²) in [6, 6.07) is 6.81. The van der Waals surface area contributed by atoms with E-state index in [9.17, 15) is 8.42 Å². The smallest absolute Gasteiger partial charge is 0.266 e. The molecule has 0 radical (unpaired) electrons. The molecule has 0 heterocycles. The van der Waals surface area contributed by atoms with Crippen LogP contribution in [0.5, 0.6) is 0 Å². The highest BCUT2D eigenvalue weighted by Crippen LogP contribution is 2.18. The molecule has 0 unspecified atom stereocenters. The predicted octanol–water partition coefficient (Wildman–Crippen LogP) is 1.12. The van der Waals surface area contributed by atoms with Crippen LogP contribution in [0.25, 0.3) is 0 Å². The van der Waals surface area contributed by atoms with Crippen molar-refractivity contribution in [2.24, 2.45) is 0 Å². The maximum atomic E-state index is 12.2. The lowest BCUT2D eigenvalue weighted by Crippen LogP contribution is -2.39. The van der Waals surface area contributed by atoms with Gasteiger partial charge in [-0.2, -0.15) is 0 Å². The molecule has 6 heteroatoms. The summed E-state index contributed by atoms with van der Waals surface area (Å²) < 4.78 is 25.4.